The molecule has 0 spiro atoms. The molecule has 0 aliphatic heterocycles. The number of carbonyl (C=O) groups is 2. The molecule has 1 unspecified atom stereocenters. The lowest BCUT2D eigenvalue weighted by Gasteiger charge is -2.16. The highest BCUT2D eigenvalue weighted by Gasteiger charge is 2.20. The van der Waals surface area contributed by atoms with E-state index >= 15 is 0 Å². The summed E-state index contributed by atoms with van der Waals surface area (Å²) in [6, 6.07) is 16.0. The highest BCUT2D eigenvalue weighted by atomic mass is 16.5. The van der Waals surface area contributed by atoms with E-state index in [9.17, 15) is 9.59 Å². The maximum Gasteiger partial charge on any atom is 0.251 e. The quantitative estimate of drug-likeness (QED) is 0.505. The Hall–Kier alpha value is -3.68. The van der Waals surface area contributed by atoms with E-state index in [0.29, 0.717) is 35.8 Å². The molecule has 8 nitrogen and oxygen atoms in total. The number of nitrogens with zero attached hydrogens (tertiary/aromatic N) is 3. The minimum absolute atomic E-state index is 0.115. The fourth-order valence-electron chi connectivity index (χ4n) is 3.41. The van der Waals surface area contributed by atoms with Gasteiger partial charge in [0.25, 0.3) is 5.91 Å². The van der Waals surface area contributed by atoms with Gasteiger partial charge >= 0.3 is 0 Å². The minimum Gasteiger partial charge on any atom is -0.497 e. The van der Waals surface area contributed by atoms with Crippen molar-refractivity contribution in [3.05, 3.63) is 71.8 Å². The topological polar surface area (TPSA) is 98.1 Å². The van der Waals surface area contributed by atoms with Crippen molar-refractivity contribution in [2.75, 3.05) is 12.4 Å². The van der Waals surface area contributed by atoms with Crippen LogP contribution in [-0.4, -0.2) is 33.7 Å². The average molecular weight is 436 g/mol. The molecule has 3 rings (SSSR count). The van der Waals surface area contributed by atoms with E-state index in [0.717, 1.165) is 12.2 Å². The zero-order valence-electron chi connectivity index (χ0n) is 18.7. The van der Waals surface area contributed by atoms with Gasteiger partial charge in [-0.05, 0) is 37.6 Å². The Morgan fingerprint density at radius 3 is 2.59 bits per heavy atom. The van der Waals surface area contributed by atoms with Crippen molar-refractivity contribution in [1.82, 2.24) is 20.1 Å². The van der Waals surface area contributed by atoms with Gasteiger partial charge < -0.3 is 19.9 Å². The predicted octanol–water partition coefficient (Wildman–Crippen LogP) is 3.76. The summed E-state index contributed by atoms with van der Waals surface area (Å²) in [7, 11) is 1.59. The monoisotopic (exact) mass is 435 g/mol. The lowest BCUT2D eigenvalue weighted by Crippen LogP contribution is -2.29. The highest BCUT2D eigenvalue weighted by Crippen LogP contribution is 2.18. The molecule has 1 aromatic heterocycles. The van der Waals surface area contributed by atoms with Gasteiger partial charge in [0.2, 0.25) is 5.91 Å². The second-order valence-electron chi connectivity index (χ2n) is 7.47. The van der Waals surface area contributed by atoms with Crippen LogP contribution in [-0.2, 0) is 17.8 Å². The SMILES string of the molecule is CCCn1c(CCC(=O)Nc2cccc(OC)c2)nnc1C(C)NC(=O)c1ccccc1. The van der Waals surface area contributed by atoms with E-state index in [1.54, 1.807) is 25.3 Å². The van der Waals surface area contributed by atoms with Crippen LogP contribution in [0.15, 0.2) is 54.6 Å². The number of anilines is 1. The Morgan fingerprint density at radius 2 is 1.88 bits per heavy atom. The molecule has 32 heavy (non-hydrogen) atoms. The summed E-state index contributed by atoms with van der Waals surface area (Å²) in [4.78, 5) is 24.9. The van der Waals surface area contributed by atoms with Crippen LogP contribution in [0.2, 0.25) is 0 Å². The number of aromatic nitrogens is 3. The van der Waals surface area contributed by atoms with Gasteiger partial charge in [0.15, 0.2) is 5.82 Å². The van der Waals surface area contributed by atoms with Crippen LogP contribution in [0.5, 0.6) is 5.75 Å². The number of carbonyl (C=O) groups excluding carboxylic acids is 2. The van der Waals surface area contributed by atoms with Gasteiger partial charge in [-0.25, -0.2) is 0 Å². The first kappa shape index (κ1) is 23.0. The van der Waals surface area contributed by atoms with Crippen LogP contribution in [0.4, 0.5) is 5.69 Å². The van der Waals surface area contributed by atoms with Gasteiger partial charge in [-0.3, -0.25) is 9.59 Å². The van der Waals surface area contributed by atoms with E-state index in [1.807, 2.05) is 47.9 Å². The number of benzene rings is 2. The molecule has 0 bridgehead atoms. The van der Waals surface area contributed by atoms with Crippen molar-refractivity contribution < 1.29 is 14.3 Å². The number of amides is 2. The number of aryl methyl sites for hydroxylation is 1. The zero-order valence-corrected chi connectivity index (χ0v) is 18.7. The predicted molar refractivity (Wildman–Crippen MR) is 123 cm³/mol. The fraction of sp³-hybridized carbons (Fsp3) is 0.333. The number of hydrogen-bond acceptors (Lipinski definition) is 5. The van der Waals surface area contributed by atoms with Crippen molar-refractivity contribution in [2.45, 2.75) is 45.7 Å². The first-order valence-electron chi connectivity index (χ1n) is 10.7. The summed E-state index contributed by atoms with van der Waals surface area (Å²) in [5.41, 5.74) is 1.28. The molecule has 0 saturated heterocycles. The molecule has 0 aliphatic rings. The molecule has 1 atom stereocenters. The van der Waals surface area contributed by atoms with Crippen LogP contribution < -0.4 is 15.4 Å². The lowest BCUT2D eigenvalue weighted by molar-refractivity contribution is -0.116. The third-order valence-corrected chi connectivity index (χ3v) is 5.00. The van der Waals surface area contributed by atoms with Crippen molar-refractivity contribution in [3.8, 4) is 5.75 Å². The molecule has 8 heteroatoms. The third-order valence-electron chi connectivity index (χ3n) is 5.00. The molecule has 1 heterocycles. The molecule has 0 fully saturated rings. The number of ether oxygens (including phenoxy) is 1. The Balaban J connectivity index is 1.64. The summed E-state index contributed by atoms with van der Waals surface area (Å²) >= 11 is 0. The van der Waals surface area contributed by atoms with Gasteiger partial charge in [-0.15, -0.1) is 10.2 Å². The molecular weight excluding hydrogens is 406 g/mol. The van der Waals surface area contributed by atoms with Gasteiger partial charge in [-0.2, -0.15) is 0 Å². The van der Waals surface area contributed by atoms with E-state index in [1.165, 1.54) is 0 Å². The molecule has 0 saturated carbocycles. The largest absolute Gasteiger partial charge is 0.497 e. The Labute approximate surface area is 188 Å². The van der Waals surface area contributed by atoms with E-state index in [-0.39, 0.29) is 24.3 Å². The second-order valence-corrected chi connectivity index (χ2v) is 7.47. The fourth-order valence-corrected chi connectivity index (χ4v) is 3.41. The highest BCUT2D eigenvalue weighted by molar-refractivity contribution is 5.94. The number of hydrogen-bond donors (Lipinski definition) is 2. The van der Waals surface area contributed by atoms with Crippen LogP contribution >= 0.6 is 0 Å². The smallest absolute Gasteiger partial charge is 0.251 e. The standard InChI is InChI=1S/C24H29N5O3/c1-4-15-29-21(13-14-22(30)26-19-11-8-12-20(16-19)32-3)27-28-23(29)17(2)25-24(31)18-9-6-5-7-10-18/h5-12,16-17H,4,13-15H2,1-3H3,(H,25,31)(H,26,30). The maximum absolute atomic E-state index is 12.5. The van der Waals surface area contributed by atoms with E-state index in [4.69, 9.17) is 4.74 Å². The molecule has 2 aromatic carbocycles. The van der Waals surface area contributed by atoms with Crippen molar-refractivity contribution in [3.63, 3.8) is 0 Å². The Kier molecular flexibility index (Phi) is 7.96. The first-order valence-corrected chi connectivity index (χ1v) is 10.7. The molecule has 3 aromatic rings. The summed E-state index contributed by atoms with van der Waals surface area (Å²) in [5.74, 6) is 1.81. The van der Waals surface area contributed by atoms with Crippen molar-refractivity contribution >= 4 is 17.5 Å². The molecule has 2 amide bonds. The summed E-state index contributed by atoms with van der Waals surface area (Å²) < 4.78 is 7.18. The van der Waals surface area contributed by atoms with Crippen LogP contribution in [0.1, 0.15) is 54.7 Å². The maximum atomic E-state index is 12.5. The average Bonchev–Trinajstić information content (AvgIpc) is 3.21. The van der Waals surface area contributed by atoms with E-state index < -0.39 is 0 Å². The minimum atomic E-state index is -0.318. The molecule has 168 valence electrons. The van der Waals surface area contributed by atoms with Gasteiger partial charge in [0.1, 0.15) is 11.6 Å². The molecule has 2 N–H and O–H groups in total. The number of rotatable bonds is 10. The normalized spacial score (nSPS) is 11.6. The van der Waals surface area contributed by atoms with Gasteiger partial charge in [0, 0.05) is 36.7 Å². The number of nitrogens with one attached hydrogen (secondary N) is 2. The summed E-state index contributed by atoms with van der Waals surface area (Å²) in [6.07, 6.45) is 1.60. The van der Waals surface area contributed by atoms with Crippen molar-refractivity contribution in [2.24, 2.45) is 0 Å². The zero-order chi connectivity index (χ0) is 22.9. The second kappa shape index (κ2) is 11.1. The first-order chi connectivity index (χ1) is 15.5. The lowest BCUT2D eigenvalue weighted by atomic mass is 10.2. The molecular formula is C24H29N5O3. The summed E-state index contributed by atoms with van der Waals surface area (Å²) in [5, 5.41) is 14.5. The van der Waals surface area contributed by atoms with E-state index in [2.05, 4.69) is 27.8 Å². The molecule has 0 aliphatic carbocycles. The van der Waals surface area contributed by atoms with Crippen molar-refractivity contribution in [1.29, 1.82) is 0 Å². The Bertz CT molecular complexity index is 1050. The molecule has 0 radical (unpaired) electrons. The van der Waals surface area contributed by atoms with Gasteiger partial charge in [0.05, 0.1) is 13.2 Å². The third kappa shape index (κ3) is 5.94. The Morgan fingerprint density at radius 1 is 1.09 bits per heavy atom. The van der Waals surface area contributed by atoms with Crippen LogP contribution in [0, 0.1) is 0 Å². The number of methoxy groups -OCH3 is 1. The summed E-state index contributed by atoms with van der Waals surface area (Å²) in [6.45, 7) is 4.66. The van der Waals surface area contributed by atoms with Crippen LogP contribution in [0.3, 0.4) is 0 Å². The van der Waals surface area contributed by atoms with Gasteiger partial charge in [-0.1, -0.05) is 31.2 Å². The van der Waals surface area contributed by atoms with Crippen LogP contribution in [0.25, 0.3) is 0 Å².